The lowest BCUT2D eigenvalue weighted by Crippen LogP contribution is -2.57. The number of ether oxygens (including phenoxy) is 1. The van der Waals surface area contributed by atoms with Crippen LogP contribution >= 0.6 is 0 Å². The Hall–Kier alpha value is -2.34. The molecule has 5 rings (SSSR count). The minimum Gasteiger partial charge on any atom is -0.379 e. The molecular formula is C21H25N3O3. The fourth-order valence-corrected chi connectivity index (χ4v) is 4.47. The number of carbonyl (C=O) groups excluding carboxylic acids is 2. The third kappa shape index (κ3) is 3.02. The maximum Gasteiger partial charge on any atom is 0.254 e. The number of hydrogen-bond donors (Lipinski definition) is 1. The van der Waals surface area contributed by atoms with Crippen LogP contribution in [0.2, 0.25) is 0 Å². The summed E-state index contributed by atoms with van der Waals surface area (Å²) < 4.78 is 5.72. The van der Waals surface area contributed by atoms with Crippen molar-refractivity contribution in [1.29, 1.82) is 0 Å². The van der Waals surface area contributed by atoms with Gasteiger partial charge in [-0.15, -0.1) is 0 Å². The molecule has 0 radical (unpaired) electrons. The second-order valence-corrected chi connectivity index (χ2v) is 8.23. The minimum atomic E-state index is -0.359. The molecule has 2 saturated heterocycles. The van der Waals surface area contributed by atoms with E-state index in [4.69, 9.17) is 4.74 Å². The topological polar surface area (TPSA) is 65.6 Å². The third-order valence-corrected chi connectivity index (χ3v) is 6.26. The Morgan fingerprint density at radius 1 is 1.30 bits per heavy atom. The molecule has 2 aromatic rings. The number of aromatic nitrogens is 1. The van der Waals surface area contributed by atoms with E-state index in [2.05, 4.69) is 9.88 Å². The molecule has 1 N–H and O–H groups in total. The Morgan fingerprint density at radius 2 is 2.19 bits per heavy atom. The van der Waals surface area contributed by atoms with Crippen LogP contribution in [0, 0.1) is 5.92 Å². The smallest absolute Gasteiger partial charge is 0.254 e. The monoisotopic (exact) mass is 367 g/mol. The van der Waals surface area contributed by atoms with Crippen molar-refractivity contribution in [2.24, 2.45) is 5.92 Å². The first-order chi connectivity index (χ1) is 13.1. The van der Waals surface area contributed by atoms with Gasteiger partial charge < -0.3 is 19.5 Å². The van der Waals surface area contributed by atoms with E-state index >= 15 is 0 Å². The highest BCUT2D eigenvalue weighted by Crippen LogP contribution is 2.37. The van der Waals surface area contributed by atoms with Crippen molar-refractivity contribution in [2.75, 3.05) is 32.8 Å². The third-order valence-electron chi connectivity index (χ3n) is 6.26. The van der Waals surface area contributed by atoms with E-state index in [9.17, 15) is 9.59 Å². The SMILES string of the molecule is O=C(c1ccc2cc[nH]c2c1)N1CCC(=O)N(CC2CC2)C2(CCOC2)C1. The predicted molar refractivity (Wildman–Crippen MR) is 101 cm³/mol. The van der Waals surface area contributed by atoms with Gasteiger partial charge in [0, 0.05) is 49.9 Å². The molecule has 27 heavy (non-hydrogen) atoms. The van der Waals surface area contributed by atoms with E-state index < -0.39 is 0 Å². The summed E-state index contributed by atoms with van der Waals surface area (Å²) >= 11 is 0. The van der Waals surface area contributed by atoms with Crippen molar-refractivity contribution < 1.29 is 14.3 Å². The normalized spacial score (nSPS) is 26.1. The van der Waals surface area contributed by atoms with Crippen LogP contribution in [0.15, 0.2) is 30.5 Å². The summed E-state index contributed by atoms with van der Waals surface area (Å²) in [6.07, 6.45) is 5.50. The maximum absolute atomic E-state index is 13.2. The molecule has 3 heterocycles. The number of nitrogens with one attached hydrogen (secondary N) is 1. The maximum atomic E-state index is 13.2. The predicted octanol–water partition coefficient (Wildman–Crippen LogP) is 2.41. The number of amides is 2. The van der Waals surface area contributed by atoms with Crippen molar-refractivity contribution >= 4 is 22.7 Å². The first-order valence-electron chi connectivity index (χ1n) is 9.89. The number of hydrogen-bond acceptors (Lipinski definition) is 3. The molecule has 2 amide bonds. The van der Waals surface area contributed by atoms with Gasteiger partial charge in [0.2, 0.25) is 5.91 Å². The van der Waals surface area contributed by atoms with Crippen molar-refractivity contribution in [3.63, 3.8) is 0 Å². The van der Waals surface area contributed by atoms with Crippen molar-refractivity contribution in [2.45, 2.75) is 31.2 Å². The van der Waals surface area contributed by atoms with Gasteiger partial charge in [0.25, 0.3) is 5.91 Å². The Morgan fingerprint density at radius 3 is 2.96 bits per heavy atom. The number of aromatic amines is 1. The fraction of sp³-hybridized carbons (Fsp3) is 0.524. The van der Waals surface area contributed by atoms with Crippen LogP contribution in [-0.2, 0) is 9.53 Å². The van der Waals surface area contributed by atoms with Gasteiger partial charge in [0.15, 0.2) is 0 Å². The molecule has 3 fully saturated rings. The largest absolute Gasteiger partial charge is 0.379 e. The molecule has 1 atom stereocenters. The molecule has 6 heteroatoms. The summed E-state index contributed by atoms with van der Waals surface area (Å²) in [6, 6.07) is 7.75. The average molecular weight is 367 g/mol. The summed E-state index contributed by atoms with van der Waals surface area (Å²) in [5, 5.41) is 1.09. The van der Waals surface area contributed by atoms with Crippen molar-refractivity contribution in [3.05, 3.63) is 36.0 Å². The summed E-state index contributed by atoms with van der Waals surface area (Å²) in [6.45, 7) is 3.05. The molecule has 2 aliphatic heterocycles. The summed E-state index contributed by atoms with van der Waals surface area (Å²) in [5.41, 5.74) is 1.27. The molecule has 6 nitrogen and oxygen atoms in total. The second kappa shape index (κ2) is 6.37. The lowest BCUT2D eigenvalue weighted by Gasteiger charge is -2.40. The van der Waals surface area contributed by atoms with E-state index in [-0.39, 0.29) is 17.4 Å². The second-order valence-electron chi connectivity index (χ2n) is 8.23. The lowest BCUT2D eigenvalue weighted by molar-refractivity contribution is -0.136. The number of fused-ring (bicyclic) bond motifs is 1. The van der Waals surface area contributed by atoms with Crippen LogP contribution < -0.4 is 0 Å². The number of carbonyl (C=O) groups is 2. The molecule has 1 aliphatic carbocycles. The molecule has 142 valence electrons. The highest BCUT2D eigenvalue weighted by Gasteiger charge is 2.48. The standard InChI is InChI=1S/C21H25N3O3/c25-19-6-9-23(20(26)17-4-3-16-5-8-22-18(16)11-17)13-21(7-10-27-14-21)24(19)12-15-1-2-15/h3-5,8,11,15,22H,1-2,6-7,9-10,12-14H2. The van der Waals surface area contributed by atoms with Gasteiger partial charge in [-0.3, -0.25) is 9.59 Å². The molecular weight excluding hydrogens is 342 g/mol. The molecule has 3 aliphatic rings. The van der Waals surface area contributed by atoms with Gasteiger partial charge in [0.1, 0.15) is 0 Å². The molecule has 0 bridgehead atoms. The fourth-order valence-electron chi connectivity index (χ4n) is 4.47. The molecule has 1 unspecified atom stereocenters. The van der Waals surface area contributed by atoms with Gasteiger partial charge in [0.05, 0.1) is 12.1 Å². The Balaban J connectivity index is 1.43. The molecule has 1 saturated carbocycles. The van der Waals surface area contributed by atoms with E-state index in [1.807, 2.05) is 35.4 Å². The first kappa shape index (κ1) is 16.8. The van der Waals surface area contributed by atoms with Crippen molar-refractivity contribution in [1.82, 2.24) is 14.8 Å². The quantitative estimate of drug-likeness (QED) is 0.906. The summed E-state index contributed by atoms with van der Waals surface area (Å²) in [5.74, 6) is 0.797. The number of rotatable bonds is 3. The Bertz CT molecular complexity index is 880. The number of nitrogens with zero attached hydrogens (tertiary/aromatic N) is 2. The minimum absolute atomic E-state index is 0.00107. The average Bonchev–Trinajstić information content (AvgIpc) is 3.21. The zero-order valence-electron chi connectivity index (χ0n) is 15.4. The van der Waals surface area contributed by atoms with Crippen LogP contribution in [0.25, 0.3) is 10.9 Å². The van der Waals surface area contributed by atoms with Crippen LogP contribution in [0.3, 0.4) is 0 Å². The zero-order chi connectivity index (χ0) is 18.4. The summed E-state index contributed by atoms with van der Waals surface area (Å²) in [7, 11) is 0. The Kier molecular flexibility index (Phi) is 3.97. The van der Waals surface area contributed by atoms with E-state index in [0.717, 1.165) is 23.9 Å². The zero-order valence-corrected chi connectivity index (χ0v) is 15.4. The van der Waals surface area contributed by atoms with Gasteiger partial charge in [-0.1, -0.05) is 6.07 Å². The highest BCUT2D eigenvalue weighted by atomic mass is 16.5. The van der Waals surface area contributed by atoms with Gasteiger partial charge >= 0.3 is 0 Å². The van der Waals surface area contributed by atoms with Gasteiger partial charge in [-0.2, -0.15) is 0 Å². The van der Waals surface area contributed by atoms with Crippen LogP contribution in [0.4, 0.5) is 0 Å². The van der Waals surface area contributed by atoms with Gasteiger partial charge in [-0.05, 0) is 48.8 Å². The Labute approximate surface area is 158 Å². The molecule has 1 aromatic carbocycles. The lowest BCUT2D eigenvalue weighted by atomic mass is 9.94. The van der Waals surface area contributed by atoms with Gasteiger partial charge in [-0.25, -0.2) is 0 Å². The summed E-state index contributed by atoms with van der Waals surface area (Å²) in [4.78, 5) is 33.2. The van der Waals surface area contributed by atoms with Crippen molar-refractivity contribution in [3.8, 4) is 0 Å². The molecule has 1 aromatic heterocycles. The first-order valence-corrected chi connectivity index (χ1v) is 9.89. The highest BCUT2D eigenvalue weighted by molar-refractivity contribution is 5.98. The van der Waals surface area contributed by atoms with E-state index in [1.165, 1.54) is 12.8 Å². The van der Waals surface area contributed by atoms with Crippen LogP contribution in [0.1, 0.15) is 36.0 Å². The number of H-pyrrole nitrogens is 1. The van der Waals surface area contributed by atoms with Crippen LogP contribution in [0.5, 0.6) is 0 Å². The molecule has 1 spiro atoms. The van der Waals surface area contributed by atoms with E-state index in [1.54, 1.807) is 0 Å². The van der Waals surface area contributed by atoms with Crippen LogP contribution in [-0.4, -0.2) is 65.0 Å². The number of benzene rings is 1. The van der Waals surface area contributed by atoms with E-state index in [0.29, 0.717) is 44.2 Å².